The number of carbonyl (C=O) groups excluding carboxylic acids is 1. The van der Waals surface area contributed by atoms with Gasteiger partial charge in [-0.15, -0.1) is 0 Å². The van der Waals surface area contributed by atoms with Gasteiger partial charge in [-0.3, -0.25) is 14.2 Å². The molecule has 0 saturated carbocycles. The lowest BCUT2D eigenvalue weighted by Gasteiger charge is -2.37. The van der Waals surface area contributed by atoms with Crippen molar-refractivity contribution < 1.29 is 18.0 Å². The molecule has 1 aliphatic rings. The van der Waals surface area contributed by atoms with Crippen molar-refractivity contribution in [1.82, 2.24) is 19.3 Å². The number of benzene rings is 2. The zero-order chi connectivity index (χ0) is 27.7. The Kier molecular flexibility index (Phi) is 7.07. The molecule has 1 N–H and O–H groups in total. The number of amides is 1. The fraction of sp³-hybridized carbons (Fsp3) is 0.321. The monoisotopic (exact) mass is 537 g/mol. The molecule has 8 nitrogen and oxygen atoms in total. The third-order valence-corrected chi connectivity index (χ3v) is 6.94. The molecule has 2 aromatic carbocycles. The summed E-state index contributed by atoms with van der Waals surface area (Å²) in [6.07, 6.45) is 0.740. The number of nitrogens with one attached hydrogen (secondary N) is 1. The maximum Gasteiger partial charge on any atom is 0.416 e. The van der Waals surface area contributed by atoms with Crippen LogP contribution in [0.15, 0.2) is 67.1 Å². The van der Waals surface area contributed by atoms with E-state index in [1.807, 2.05) is 52.6 Å². The van der Waals surface area contributed by atoms with Gasteiger partial charge in [0.1, 0.15) is 17.6 Å². The first kappa shape index (κ1) is 26.3. The van der Waals surface area contributed by atoms with Crippen LogP contribution in [0.4, 0.5) is 30.4 Å². The number of piperazine rings is 1. The van der Waals surface area contributed by atoms with Gasteiger partial charge < -0.3 is 20.0 Å². The summed E-state index contributed by atoms with van der Waals surface area (Å²) in [5, 5.41) is 3.37. The van der Waals surface area contributed by atoms with Crippen molar-refractivity contribution in [3.63, 3.8) is 0 Å². The molecular formula is C28H30F3N7O. The van der Waals surface area contributed by atoms with Crippen molar-refractivity contribution in [2.75, 3.05) is 55.4 Å². The fourth-order valence-electron chi connectivity index (χ4n) is 4.77. The molecule has 2 aromatic heterocycles. The van der Waals surface area contributed by atoms with Crippen LogP contribution in [0.5, 0.6) is 0 Å². The number of aromatic nitrogens is 3. The Morgan fingerprint density at radius 1 is 1.05 bits per heavy atom. The number of fused-ring (bicyclic) bond motifs is 1. The predicted molar refractivity (Wildman–Crippen MR) is 146 cm³/mol. The Hall–Kier alpha value is -4.28. The summed E-state index contributed by atoms with van der Waals surface area (Å²) < 4.78 is 41.3. The minimum atomic E-state index is -4.39. The molecule has 1 saturated heterocycles. The number of hydrogen-bond acceptors (Lipinski definition) is 6. The summed E-state index contributed by atoms with van der Waals surface area (Å²) >= 11 is 0. The van der Waals surface area contributed by atoms with Crippen LogP contribution in [0.3, 0.4) is 0 Å². The fourth-order valence-corrected chi connectivity index (χ4v) is 4.77. The Morgan fingerprint density at radius 2 is 1.77 bits per heavy atom. The van der Waals surface area contributed by atoms with Gasteiger partial charge in [-0.2, -0.15) is 13.2 Å². The number of imidazole rings is 1. The first-order valence-corrected chi connectivity index (χ1v) is 12.7. The maximum atomic E-state index is 13.4. The van der Waals surface area contributed by atoms with Crippen LogP contribution in [0.1, 0.15) is 12.5 Å². The third kappa shape index (κ3) is 5.47. The number of hydrogen-bond donors (Lipinski definition) is 1. The largest absolute Gasteiger partial charge is 0.416 e. The second-order valence-electron chi connectivity index (χ2n) is 9.78. The quantitative estimate of drug-likeness (QED) is 0.387. The van der Waals surface area contributed by atoms with Gasteiger partial charge in [-0.25, -0.2) is 4.98 Å². The van der Waals surface area contributed by atoms with Crippen LogP contribution in [0.25, 0.3) is 16.9 Å². The summed E-state index contributed by atoms with van der Waals surface area (Å²) in [5.41, 5.74) is 3.16. The minimum absolute atomic E-state index is 0.0865. The van der Waals surface area contributed by atoms with E-state index < -0.39 is 17.8 Å². The van der Waals surface area contributed by atoms with E-state index in [4.69, 9.17) is 4.98 Å². The Labute approximate surface area is 224 Å². The lowest BCUT2D eigenvalue weighted by Crippen LogP contribution is -2.52. The van der Waals surface area contributed by atoms with E-state index in [1.54, 1.807) is 36.5 Å². The highest BCUT2D eigenvalue weighted by Crippen LogP contribution is 2.33. The van der Waals surface area contributed by atoms with Crippen molar-refractivity contribution in [3.05, 3.63) is 72.7 Å². The number of carbonyl (C=O) groups is 1. The van der Waals surface area contributed by atoms with E-state index in [9.17, 15) is 18.0 Å². The van der Waals surface area contributed by atoms with Crippen molar-refractivity contribution >= 4 is 28.7 Å². The van der Waals surface area contributed by atoms with Gasteiger partial charge in [0, 0.05) is 69.6 Å². The van der Waals surface area contributed by atoms with Gasteiger partial charge in [0.25, 0.3) is 0 Å². The summed E-state index contributed by atoms with van der Waals surface area (Å²) in [7, 11) is 3.95. The molecule has 5 rings (SSSR count). The molecule has 0 bridgehead atoms. The number of nitrogens with zero attached hydrogens (tertiary/aromatic N) is 6. The van der Waals surface area contributed by atoms with Crippen LogP contribution in [-0.4, -0.2) is 71.5 Å². The smallest absolute Gasteiger partial charge is 0.378 e. The minimum Gasteiger partial charge on any atom is -0.378 e. The van der Waals surface area contributed by atoms with E-state index in [0.717, 1.165) is 23.4 Å². The highest BCUT2D eigenvalue weighted by molar-refractivity contribution is 5.87. The van der Waals surface area contributed by atoms with Gasteiger partial charge in [0.05, 0.1) is 11.8 Å². The van der Waals surface area contributed by atoms with Gasteiger partial charge in [0.15, 0.2) is 5.65 Å². The normalized spacial score (nSPS) is 14.9. The number of rotatable bonds is 6. The maximum absolute atomic E-state index is 13.4. The molecule has 3 heterocycles. The van der Waals surface area contributed by atoms with Gasteiger partial charge in [0.2, 0.25) is 5.91 Å². The molecule has 0 spiro atoms. The van der Waals surface area contributed by atoms with Crippen molar-refractivity contribution in [2.24, 2.45) is 0 Å². The molecule has 1 atom stereocenters. The summed E-state index contributed by atoms with van der Waals surface area (Å²) in [6, 6.07) is 12.8. The standard InChI is InChI=1S/C28H30F3N7O/c1-19(27(39)37-15-13-36(14-16-37)23-6-4-5-21(17-23)28(29,30)31)33-26-25(34-24-18-32-11-12-38(24)26)20-7-9-22(10-8-20)35(2)3/h4-12,17-19,33H,13-16H2,1-3H3. The zero-order valence-corrected chi connectivity index (χ0v) is 22.0. The predicted octanol–water partition coefficient (Wildman–Crippen LogP) is 4.63. The highest BCUT2D eigenvalue weighted by atomic mass is 19.4. The molecule has 1 aliphatic heterocycles. The Bertz CT molecular complexity index is 1460. The van der Waals surface area contributed by atoms with E-state index in [1.165, 1.54) is 6.07 Å². The lowest BCUT2D eigenvalue weighted by molar-refractivity contribution is -0.137. The van der Waals surface area contributed by atoms with Crippen LogP contribution in [0, 0.1) is 0 Å². The molecule has 11 heteroatoms. The lowest BCUT2D eigenvalue weighted by atomic mass is 10.1. The Balaban J connectivity index is 1.31. The molecule has 39 heavy (non-hydrogen) atoms. The van der Waals surface area contributed by atoms with Crippen molar-refractivity contribution in [3.8, 4) is 11.3 Å². The number of alkyl halides is 3. The molecule has 1 unspecified atom stereocenters. The molecule has 1 fully saturated rings. The van der Waals surface area contributed by atoms with Crippen molar-refractivity contribution in [1.29, 1.82) is 0 Å². The SMILES string of the molecule is CC(Nc1c(-c2ccc(N(C)C)cc2)nc2cnccn12)C(=O)N1CCN(c2cccc(C(F)(F)F)c2)CC1. The zero-order valence-electron chi connectivity index (χ0n) is 22.0. The summed E-state index contributed by atoms with van der Waals surface area (Å²) in [6.45, 7) is 3.53. The first-order chi connectivity index (χ1) is 18.6. The molecule has 4 aromatic rings. The van der Waals surface area contributed by atoms with Gasteiger partial charge in [-0.05, 0) is 37.3 Å². The highest BCUT2D eigenvalue weighted by Gasteiger charge is 2.32. The summed E-state index contributed by atoms with van der Waals surface area (Å²) in [4.78, 5) is 28.0. The molecule has 204 valence electrons. The molecule has 0 radical (unpaired) electrons. The second-order valence-corrected chi connectivity index (χ2v) is 9.78. The second kappa shape index (κ2) is 10.5. The van der Waals surface area contributed by atoms with E-state index in [2.05, 4.69) is 10.3 Å². The first-order valence-electron chi connectivity index (χ1n) is 12.7. The number of anilines is 3. The topological polar surface area (TPSA) is 69.0 Å². The third-order valence-electron chi connectivity index (χ3n) is 6.94. The average molecular weight is 538 g/mol. The molecule has 0 aliphatic carbocycles. The molecular weight excluding hydrogens is 507 g/mol. The van der Waals surface area contributed by atoms with Crippen LogP contribution in [0.2, 0.25) is 0 Å². The van der Waals surface area contributed by atoms with E-state index in [0.29, 0.717) is 49.0 Å². The van der Waals surface area contributed by atoms with Gasteiger partial charge >= 0.3 is 6.18 Å². The van der Waals surface area contributed by atoms with Crippen molar-refractivity contribution in [2.45, 2.75) is 19.1 Å². The molecule has 1 amide bonds. The van der Waals surface area contributed by atoms with Crippen LogP contribution >= 0.6 is 0 Å². The van der Waals surface area contributed by atoms with Crippen LogP contribution < -0.4 is 15.1 Å². The average Bonchev–Trinajstić information content (AvgIpc) is 3.30. The Morgan fingerprint density at radius 3 is 2.44 bits per heavy atom. The van der Waals surface area contributed by atoms with E-state index >= 15 is 0 Å². The van der Waals surface area contributed by atoms with E-state index in [-0.39, 0.29) is 5.91 Å². The number of halogens is 3. The van der Waals surface area contributed by atoms with Gasteiger partial charge in [-0.1, -0.05) is 18.2 Å². The van der Waals surface area contributed by atoms with Crippen LogP contribution in [-0.2, 0) is 11.0 Å². The summed E-state index contributed by atoms with van der Waals surface area (Å²) in [5.74, 6) is 0.602.